The molecule has 1 aromatic heterocycles. The molecule has 2 rings (SSSR count). The van der Waals surface area contributed by atoms with E-state index in [9.17, 15) is 17.6 Å². The van der Waals surface area contributed by atoms with Crippen LogP contribution >= 0.6 is 0 Å². The van der Waals surface area contributed by atoms with E-state index in [4.69, 9.17) is 5.11 Å². The Labute approximate surface area is 120 Å². The van der Waals surface area contributed by atoms with Crippen LogP contribution in [0.25, 0.3) is 0 Å². The van der Waals surface area contributed by atoms with Crippen LogP contribution in [0.4, 0.5) is 4.39 Å². The van der Waals surface area contributed by atoms with Gasteiger partial charge >= 0.3 is 5.97 Å². The van der Waals surface area contributed by atoms with E-state index in [1.54, 1.807) is 6.92 Å². The van der Waals surface area contributed by atoms with Gasteiger partial charge in [-0.25, -0.2) is 22.3 Å². The van der Waals surface area contributed by atoms with E-state index < -0.39 is 27.9 Å². The summed E-state index contributed by atoms with van der Waals surface area (Å²) in [7, 11) is -3.87. The van der Waals surface area contributed by atoms with Crippen LogP contribution in [0.2, 0.25) is 0 Å². The number of benzene rings is 1. The van der Waals surface area contributed by atoms with Gasteiger partial charge in [-0.2, -0.15) is 0 Å². The van der Waals surface area contributed by atoms with E-state index >= 15 is 0 Å². The van der Waals surface area contributed by atoms with E-state index in [-0.39, 0.29) is 10.6 Å². The second kappa shape index (κ2) is 5.66. The van der Waals surface area contributed by atoms with Crippen molar-refractivity contribution in [1.82, 2.24) is 9.71 Å². The average Bonchev–Trinajstić information content (AvgIpc) is 2.89. The largest absolute Gasteiger partial charge is 0.477 e. The summed E-state index contributed by atoms with van der Waals surface area (Å²) in [5, 5.41) is 8.77. The second-order valence-electron chi connectivity index (χ2n) is 4.45. The maximum atomic E-state index is 12.8. The first-order chi connectivity index (χ1) is 9.79. The maximum absolute atomic E-state index is 12.8. The number of rotatable bonds is 5. The van der Waals surface area contributed by atoms with Crippen LogP contribution in [0.3, 0.4) is 0 Å². The molecule has 1 atom stereocenters. The number of halogens is 1. The van der Waals surface area contributed by atoms with Gasteiger partial charge in [0.1, 0.15) is 16.4 Å². The minimum atomic E-state index is -3.87. The topological polar surface area (TPSA) is 99.3 Å². The molecule has 0 saturated carbocycles. The number of carbonyl (C=O) groups is 1. The van der Waals surface area contributed by atoms with Crippen molar-refractivity contribution < 1.29 is 22.7 Å². The molecule has 0 aliphatic carbocycles. The van der Waals surface area contributed by atoms with Gasteiger partial charge in [0.2, 0.25) is 10.0 Å². The van der Waals surface area contributed by atoms with E-state index in [1.807, 2.05) is 0 Å². The van der Waals surface area contributed by atoms with Crippen LogP contribution in [-0.2, 0) is 10.0 Å². The summed E-state index contributed by atoms with van der Waals surface area (Å²) in [6.07, 6.45) is 1.10. The van der Waals surface area contributed by atoms with Gasteiger partial charge in [0.05, 0.1) is 0 Å². The summed E-state index contributed by atoms with van der Waals surface area (Å²) in [6, 6.07) is 5.86. The highest BCUT2D eigenvalue weighted by Gasteiger charge is 2.21. The van der Waals surface area contributed by atoms with Crippen molar-refractivity contribution in [2.75, 3.05) is 0 Å². The summed E-state index contributed by atoms with van der Waals surface area (Å²) in [4.78, 5) is 12.9. The molecule has 0 fully saturated rings. The highest BCUT2D eigenvalue weighted by Crippen LogP contribution is 2.18. The van der Waals surface area contributed by atoms with Gasteiger partial charge in [-0.3, -0.25) is 0 Å². The lowest BCUT2D eigenvalue weighted by molar-refractivity contribution is 0.0691. The van der Waals surface area contributed by atoms with Crippen LogP contribution in [0, 0.1) is 5.82 Å². The van der Waals surface area contributed by atoms with Crippen molar-refractivity contribution in [3.05, 3.63) is 53.6 Å². The minimum Gasteiger partial charge on any atom is -0.477 e. The summed E-state index contributed by atoms with van der Waals surface area (Å²) in [6.45, 7) is 1.61. The van der Waals surface area contributed by atoms with Crippen molar-refractivity contribution in [2.24, 2.45) is 0 Å². The molecule has 0 amide bonds. The first-order valence-corrected chi connectivity index (χ1v) is 7.47. The Hall–Kier alpha value is -2.19. The smallest absolute Gasteiger partial charge is 0.352 e. The van der Waals surface area contributed by atoms with E-state index in [2.05, 4.69) is 9.71 Å². The fourth-order valence-corrected chi connectivity index (χ4v) is 3.00. The lowest BCUT2D eigenvalue weighted by Crippen LogP contribution is -2.26. The van der Waals surface area contributed by atoms with E-state index in [0.29, 0.717) is 5.56 Å². The number of aromatic nitrogens is 1. The Bertz CT molecular complexity index is 753. The van der Waals surface area contributed by atoms with Crippen LogP contribution in [-0.4, -0.2) is 24.5 Å². The van der Waals surface area contributed by atoms with Gasteiger partial charge in [-0.1, -0.05) is 12.1 Å². The number of aromatic amines is 1. The predicted molar refractivity (Wildman–Crippen MR) is 72.9 cm³/mol. The molecule has 0 aliphatic rings. The number of sulfonamides is 1. The zero-order valence-corrected chi connectivity index (χ0v) is 11.8. The molecule has 1 unspecified atom stereocenters. The Morgan fingerprint density at radius 3 is 2.48 bits per heavy atom. The lowest BCUT2D eigenvalue weighted by Gasteiger charge is -2.13. The van der Waals surface area contributed by atoms with Crippen molar-refractivity contribution in [2.45, 2.75) is 17.9 Å². The van der Waals surface area contributed by atoms with Gasteiger partial charge in [0, 0.05) is 12.2 Å². The van der Waals surface area contributed by atoms with Gasteiger partial charge in [0.25, 0.3) is 0 Å². The summed E-state index contributed by atoms with van der Waals surface area (Å²) in [5.41, 5.74) is 0.374. The quantitative estimate of drug-likeness (QED) is 0.785. The van der Waals surface area contributed by atoms with Crippen LogP contribution < -0.4 is 4.72 Å². The number of carboxylic acid groups (broad SMARTS) is 1. The first kappa shape index (κ1) is 15.2. The molecule has 0 spiro atoms. The molecule has 0 bridgehead atoms. The monoisotopic (exact) mass is 312 g/mol. The molecule has 0 aliphatic heterocycles. The second-order valence-corrected chi connectivity index (χ2v) is 6.16. The molecule has 8 heteroatoms. The zero-order valence-electron chi connectivity index (χ0n) is 11.0. The Kier molecular flexibility index (Phi) is 4.10. The fraction of sp³-hybridized carbons (Fsp3) is 0.154. The molecular weight excluding hydrogens is 299 g/mol. The van der Waals surface area contributed by atoms with E-state index in [1.165, 1.54) is 24.3 Å². The van der Waals surface area contributed by atoms with Crippen molar-refractivity contribution >= 4 is 16.0 Å². The zero-order chi connectivity index (χ0) is 15.6. The van der Waals surface area contributed by atoms with Crippen LogP contribution in [0.1, 0.15) is 29.0 Å². The Balaban J connectivity index is 2.20. The lowest BCUT2D eigenvalue weighted by atomic mass is 10.1. The number of H-pyrrole nitrogens is 1. The third-order valence-corrected chi connectivity index (χ3v) is 4.42. The number of nitrogens with one attached hydrogen (secondary N) is 2. The molecule has 21 heavy (non-hydrogen) atoms. The Morgan fingerprint density at radius 1 is 1.33 bits per heavy atom. The number of carboxylic acids is 1. The summed E-state index contributed by atoms with van der Waals surface area (Å²) < 4.78 is 39.5. The Morgan fingerprint density at radius 2 is 1.95 bits per heavy atom. The molecule has 0 saturated heterocycles. The van der Waals surface area contributed by atoms with Crippen LogP contribution in [0.5, 0.6) is 0 Å². The fourth-order valence-electron chi connectivity index (χ4n) is 1.77. The van der Waals surface area contributed by atoms with E-state index in [0.717, 1.165) is 12.3 Å². The third-order valence-electron chi connectivity index (χ3n) is 2.90. The SMILES string of the molecule is CC(NS(=O)(=O)c1c[nH]c(C(=O)O)c1)c1ccc(F)cc1. The highest BCUT2D eigenvalue weighted by molar-refractivity contribution is 7.89. The normalized spacial score (nSPS) is 13.0. The third kappa shape index (κ3) is 3.47. The summed E-state index contributed by atoms with van der Waals surface area (Å²) in [5.74, 6) is -1.66. The van der Waals surface area contributed by atoms with Crippen LogP contribution in [0.15, 0.2) is 41.4 Å². The minimum absolute atomic E-state index is 0.172. The highest BCUT2D eigenvalue weighted by atomic mass is 32.2. The van der Waals surface area contributed by atoms with Crippen molar-refractivity contribution in [1.29, 1.82) is 0 Å². The van der Waals surface area contributed by atoms with Gasteiger partial charge in [-0.15, -0.1) is 0 Å². The predicted octanol–water partition coefficient (Wildman–Crippen LogP) is 1.89. The molecule has 112 valence electrons. The first-order valence-electron chi connectivity index (χ1n) is 5.99. The van der Waals surface area contributed by atoms with Gasteiger partial charge in [0.15, 0.2) is 0 Å². The number of hydrogen-bond acceptors (Lipinski definition) is 3. The standard InChI is InChI=1S/C13H13FN2O4S/c1-8(9-2-4-10(14)5-3-9)16-21(19,20)11-6-12(13(17)18)15-7-11/h2-8,15-16H,1H3,(H,17,18). The average molecular weight is 312 g/mol. The molecule has 3 N–H and O–H groups in total. The number of hydrogen-bond donors (Lipinski definition) is 3. The maximum Gasteiger partial charge on any atom is 0.352 e. The van der Waals surface area contributed by atoms with Gasteiger partial charge < -0.3 is 10.1 Å². The molecule has 6 nitrogen and oxygen atoms in total. The molecular formula is C13H13FN2O4S. The van der Waals surface area contributed by atoms with Crippen molar-refractivity contribution in [3.8, 4) is 0 Å². The van der Waals surface area contributed by atoms with Crippen molar-refractivity contribution in [3.63, 3.8) is 0 Å². The molecule has 1 aromatic carbocycles. The summed E-state index contributed by atoms with van der Waals surface area (Å²) >= 11 is 0. The number of aromatic carboxylic acids is 1. The molecule has 0 radical (unpaired) electrons. The molecule has 1 heterocycles. The van der Waals surface area contributed by atoms with Gasteiger partial charge in [-0.05, 0) is 30.7 Å². The molecule has 2 aromatic rings.